The normalized spacial score (nSPS) is 26.2. The fraction of sp³-hybridized carbons (Fsp3) is 0.500. The third-order valence-electron chi connectivity index (χ3n) is 4.24. The minimum atomic E-state index is -3.87. The molecule has 2 heterocycles. The summed E-state index contributed by atoms with van der Waals surface area (Å²) in [5, 5.41) is -0.252. The van der Waals surface area contributed by atoms with Crippen LogP contribution in [0.25, 0.3) is 0 Å². The van der Waals surface area contributed by atoms with Gasteiger partial charge in [0.2, 0.25) is 15.9 Å². The fourth-order valence-electron chi connectivity index (χ4n) is 2.84. The van der Waals surface area contributed by atoms with Gasteiger partial charge in [0.1, 0.15) is 5.82 Å². The van der Waals surface area contributed by atoms with E-state index in [9.17, 15) is 17.6 Å². The zero-order valence-corrected chi connectivity index (χ0v) is 14.0. The number of likely N-dealkylation sites (N-methyl/N-ethyl adjacent to an activating group) is 1. The average Bonchev–Trinajstić information content (AvgIpc) is 2.67. The van der Waals surface area contributed by atoms with Gasteiger partial charge in [0, 0.05) is 20.1 Å². The van der Waals surface area contributed by atoms with Gasteiger partial charge in [-0.3, -0.25) is 4.79 Å². The standard InChI is InChI=1S/C14H16ClFN2O4S/c1-17-10-6-18(5-9(14(17)19)7-22-8-10)23(20,21)11-2-3-13(16)12(15)4-11/h2-4,9-10H,5-8H2,1H3/t9-,10+/m1/s1. The second-order valence-corrected chi connectivity index (χ2v) is 8.08. The number of rotatable bonds is 2. The van der Waals surface area contributed by atoms with Crippen molar-refractivity contribution in [2.45, 2.75) is 10.9 Å². The van der Waals surface area contributed by atoms with Crippen LogP contribution in [0.5, 0.6) is 0 Å². The van der Waals surface area contributed by atoms with Crippen molar-refractivity contribution in [3.63, 3.8) is 0 Å². The lowest BCUT2D eigenvalue weighted by Crippen LogP contribution is -2.45. The van der Waals surface area contributed by atoms with Crippen LogP contribution in [0.15, 0.2) is 23.1 Å². The Balaban J connectivity index is 1.97. The first-order valence-corrected chi connectivity index (χ1v) is 8.92. The number of sulfonamides is 1. The molecule has 1 amide bonds. The molecule has 0 unspecified atom stereocenters. The Kier molecular flexibility index (Phi) is 4.35. The van der Waals surface area contributed by atoms with E-state index >= 15 is 0 Å². The molecule has 2 saturated heterocycles. The highest BCUT2D eigenvalue weighted by Crippen LogP contribution is 2.27. The molecule has 0 saturated carbocycles. The molecule has 2 atom stereocenters. The first-order valence-electron chi connectivity index (χ1n) is 7.10. The van der Waals surface area contributed by atoms with E-state index in [0.717, 1.165) is 12.1 Å². The Bertz CT molecular complexity index is 742. The van der Waals surface area contributed by atoms with Gasteiger partial charge in [-0.25, -0.2) is 12.8 Å². The van der Waals surface area contributed by atoms with Gasteiger partial charge >= 0.3 is 0 Å². The van der Waals surface area contributed by atoms with Gasteiger partial charge in [0.25, 0.3) is 0 Å². The maximum Gasteiger partial charge on any atom is 0.243 e. The highest BCUT2D eigenvalue weighted by atomic mass is 35.5. The minimum absolute atomic E-state index is 0.0387. The van der Waals surface area contributed by atoms with Crippen LogP contribution in [0.3, 0.4) is 0 Å². The first kappa shape index (κ1) is 16.6. The first-order chi connectivity index (χ1) is 10.8. The van der Waals surface area contributed by atoms with E-state index in [1.165, 1.54) is 10.4 Å². The van der Waals surface area contributed by atoms with Gasteiger partial charge in [-0.2, -0.15) is 4.31 Å². The van der Waals surface area contributed by atoms with Crippen molar-refractivity contribution in [3.05, 3.63) is 29.0 Å². The number of benzene rings is 1. The molecule has 9 heteroatoms. The topological polar surface area (TPSA) is 66.9 Å². The third-order valence-corrected chi connectivity index (χ3v) is 6.36. The monoisotopic (exact) mass is 362 g/mol. The molecule has 126 valence electrons. The maximum absolute atomic E-state index is 13.3. The number of nitrogens with zero attached hydrogens (tertiary/aromatic N) is 2. The SMILES string of the molecule is CN1C(=O)[C@H]2COC[C@@H]1CN(S(=O)(=O)c1ccc(F)c(Cl)c1)C2. The van der Waals surface area contributed by atoms with E-state index in [1.807, 2.05) is 0 Å². The highest BCUT2D eigenvalue weighted by Gasteiger charge is 2.41. The van der Waals surface area contributed by atoms with Crippen LogP contribution in [0.4, 0.5) is 4.39 Å². The highest BCUT2D eigenvalue weighted by molar-refractivity contribution is 7.89. The summed E-state index contributed by atoms with van der Waals surface area (Å²) < 4.78 is 45.6. The van der Waals surface area contributed by atoms with Crippen LogP contribution in [-0.4, -0.2) is 62.9 Å². The van der Waals surface area contributed by atoms with E-state index in [2.05, 4.69) is 0 Å². The summed E-state index contributed by atoms with van der Waals surface area (Å²) in [7, 11) is -2.21. The van der Waals surface area contributed by atoms with Gasteiger partial charge in [-0.15, -0.1) is 0 Å². The van der Waals surface area contributed by atoms with Crippen molar-refractivity contribution in [2.24, 2.45) is 5.92 Å². The average molecular weight is 363 g/mol. The number of carbonyl (C=O) groups excluding carboxylic acids is 1. The number of amides is 1. The molecular formula is C14H16ClFN2O4S. The van der Waals surface area contributed by atoms with E-state index < -0.39 is 21.8 Å². The number of halogens is 2. The molecule has 2 bridgehead atoms. The zero-order chi connectivity index (χ0) is 16.8. The Morgan fingerprint density at radius 1 is 1.30 bits per heavy atom. The molecule has 0 aliphatic carbocycles. The van der Waals surface area contributed by atoms with E-state index in [0.29, 0.717) is 0 Å². The van der Waals surface area contributed by atoms with Crippen LogP contribution in [0.1, 0.15) is 0 Å². The summed E-state index contributed by atoms with van der Waals surface area (Å²) in [6, 6.07) is 2.95. The second kappa shape index (κ2) is 6.01. The predicted molar refractivity (Wildman–Crippen MR) is 81.0 cm³/mol. The summed E-state index contributed by atoms with van der Waals surface area (Å²) in [4.78, 5) is 13.8. The zero-order valence-electron chi connectivity index (χ0n) is 12.4. The number of carbonyl (C=O) groups is 1. The Hall–Kier alpha value is -1.22. The largest absolute Gasteiger partial charge is 0.378 e. The van der Waals surface area contributed by atoms with E-state index in [-0.39, 0.29) is 48.2 Å². The van der Waals surface area contributed by atoms with Crippen LogP contribution in [0, 0.1) is 11.7 Å². The molecule has 0 spiro atoms. The summed E-state index contributed by atoms with van der Waals surface area (Å²) >= 11 is 5.69. The van der Waals surface area contributed by atoms with Crippen LogP contribution in [-0.2, 0) is 19.6 Å². The lowest BCUT2D eigenvalue weighted by molar-refractivity contribution is -0.133. The molecule has 0 N–H and O–H groups in total. The Morgan fingerprint density at radius 3 is 2.74 bits per heavy atom. The molecule has 3 rings (SSSR count). The number of fused-ring (bicyclic) bond motifs is 3. The van der Waals surface area contributed by atoms with Gasteiger partial charge < -0.3 is 9.64 Å². The maximum atomic E-state index is 13.3. The molecule has 1 aromatic rings. The molecule has 0 aromatic heterocycles. The minimum Gasteiger partial charge on any atom is -0.378 e. The molecule has 23 heavy (non-hydrogen) atoms. The molecule has 2 aliphatic heterocycles. The summed E-state index contributed by atoms with van der Waals surface area (Å²) in [6.07, 6.45) is 0. The number of ether oxygens (including phenoxy) is 1. The summed E-state index contributed by atoms with van der Waals surface area (Å²) in [5.41, 5.74) is 0. The van der Waals surface area contributed by atoms with Gasteiger partial charge in [0.05, 0.1) is 35.1 Å². The quantitative estimate of drug-likeness (QED) is 0.786. The third kappa shape index (κ3) is 2.96. The predicted octanol–water partition coefficient (Wildman–Crippen LogP) is 0.957. The number of hydrogen-bond donors (Lipinski definition) is 0. The van der Waals surface area contributed by atoms with Crippen molar-refractivity contribution < 1.29 is 22.3 Å². The Labute approximate surface area is 138 Å². The lowest BCUT2D eigenvalue weighted by Gasteiger charge is -2.28. The fourth-order valence-corrected chi connectivity index (χ4v) is 4.64. The summed E-state index contributed by atoms with van der Waals surface area (Å²) in [6.45, 7) is 0.651. The van der Waals surface area contributed by atoms with E-state index in [1.54, 1.807) is 11.9 Å². The Morgan fingerprint density at radius 2 is 2.04 bits per heavy atom. The summed E-state index contributed by atoms with van der Waals surface area (Å²) in [5.74, 6) is -1.35. The molecule has 6 nitrogen and oxygen atoms in total. The van der Waals surface area contributed by atoms with Crippen LogP contribution in [0.2, 0.25) is 5.02 Å². The van der Waals surface area contributed by atoms with Crippen molar-refractivity contribution in [2.75, 3.05) is 33.4 Å². The van der Waals surface area contributed by atoms with Crippen molar-refractivity contribution in [3.8, 4) is 0 Å². The van der Waals surface area contributed by atoms with Crippen LogP contribution >= 0.6 is 11.6 Å². The smallest absolute Gasteiger partial charge is 0.243 e. The lowest BCUT2D eigenvalue weighted by atomic mass is 10.1. The molecule has 0 radical (unpaired) electrons. The van der Waals surface area contributed by atoms with Gasteiger partial charge in [0.15, 0.2) is 0 Å². The molecule has 1 aromatic carbocycles. The van der Waals surface area contributed by atoms with Crippen LogP contribution < -0.4 is 0 Å². The second-order valence-electron chi connectivity index (χ2n) is 5.74. The van der Waals surface area contributed by atoms with Crippen molar-refractivity contribution in [1.29, 1.82) is 0 Å². The van der Waals surface area contributed by atoms with Crippen molar-refractivity contribution >= 4 is 27.5 Å². The van der Waals surface area contributed by atoms with Gasteiger partial charge in [-0.1, -0.05) is 11.6 Å². The molecule has 2 aliphatic rings. The van der Waals surface area contributed by atoms with E-state index in [4.69, 9.17) is 16.3 Å². The number of hydrogen-bond acceptors (Lipinski definition) is 4. The van der Waals surface area contributed by atoms with Gasteiger partial charge in [-0.05, 0) is 18.2 Å². The molecular weight excluding hydrogens is 347 g/mol. The van der Waals surface area contributed by atoms with Crippen molar-refractivity contribution in [1.82, 2.24) is 9.21 Å². The molecule has 2 fully saturated rings.